The summed E-state index contributed by atoms with van der Waals surface area (Å²) < 4.78 is 0. The van der Waals surface area contributed by atoms with E-state index in [-0.39, 0.29) is 0 Å². The van der Waals surface area contributed by atoms with Crippen LogP contribution in [0.4, 0.5) is 0 Å². The fraction of sp³-hybridized carbons (Fsp3) is 0.643. The first-order chi connectivity index (χ1) is 8.09. The summed E-state index contributed by atoms with van der Waals surface area (Å²) in [6, 6.07) is 6.98. The van der Waals surface area contributed by atoms with Gasteiger partial charge in [0.2, 0.25) is 0 Å². The number of aromatic nitrogens is 1. The maximum atomic E-state index is 4.41. The van der Waals surface area contributed by atoms with Gasteiger partial charge in [-0.25, -0.2) is 0 Å². The molecule has 1 aromatic rings. The topological polar surface area (TPSA) is 37.0 Å². The van der Waals surface area contributed by atoms with E-state index in [2.05, 4.69) is 42.5 Å². The highest BCUT2D eigenvalue weighted by Gasteiger charge is 2.32. The quantitative estimate of drug-likeness (QED) is 0.839. The van der Waals surface area contributed by atoms with E-state index in [0.29, 0.717) is 17.5 Å². The molecule has 2 heterocycles. The first-order valence-corrected chi connectivity index (χ1v) is 6.47. The molecule has 0 radical (unpaired) electrons. The van der Waals surface area contributed by atoms with Gasteiger partial charge in [-0.05, 0) is 37.4 Å². The van der Waals surface area contributed by atoms with E-state index in [0.717, 1.165) is 18.8 Å². The van der Waals surface area contributed by atoms with E-state index in [1.54, 1.807) is 0 Å². The van der Waals surface area contributed by atoms with Crippen molar-refractivity contribution < 1.29 is 0 Å². The summed E-state index contributed by atoms with van der Waals surface area (Å²) in [6.45, 7) is 9.03. The van der Waals surface area contributed by atoms with Gasteiger partial charge >= 0.3 is 0 Å². The summed E-state index contributed by atoms with van der Waals surface area (Å²) in [5.74, 6) is 0. The number of piperidine rings is 1. The standard InChI is InChI=1S/C14H23N3/c1-11(12-6-4-5-8-16-12)17-13-7-9-15-10-14(13,2)3/h4-6,8,11,13,15,17H,7,9-10H2,1-3H3. The summed E-state index contributed by atoms with van der Waals surface area (Å²) in [7, 11) is 0. The van der Waals surface area contributed by atoms with Gasteiger partial charge in [0.1, 0.15) is 0 Å². The van der Waals surface area contributed by atoms with E-state index >= 15 is 0 Å². The molecule has 94 valence electrons. The molecule has 1 aliphatic rings. The minimum absolute atomic E-state index is 0.307. The van der Waals surface area contributed by atoms with Crippen LogP contribution in [0.1, 0.15) is 38.9 Å². The number of pyridine rings is 1. The van der Waals surface area contributed by atoms with Gasteiger partial charge in [-0.3, -0.25) is 4.98 Å². The molecule has 1 aromatic heterocycles. The Morgan fingerprint density at radius 1 is 1.47 bits per heavy atom. The van der Waals surface area contributed by atoms with Gasteiger partial charge in [0.05, 0.1) is 5.69 Å². The largest absolute Gasteiger partial charge is 0.316 e. The second kappa shape index (κ2) is 5.15. The lowest BCUT2D eigenvalue weighted by atomic mass is 9.79. The molecule has 17 heavy (non-hydrogen) atoms. The Labute approximate surface area is 104 Å². The Balaban J connectivity index is 2.00. The Kier molecular flexibility index (Phi) is 3.79. The highest BCUT2D eigenvalue weighted by molar-refractivity contribution is 5.08. The highest BCUT2D eigenvalue weighted by atomic mass is 15.0. The molecule has 0 spiro atoms. The third kappa shape index (κ3) is 3.05. The Hall–Kier alpha value is -0.930. The van der Waals surface area contributed by atoms with E-state index in [4.69, 9.17) is 0 Å². The van der Waals surface area contributed by atoms with Gasteiger partial charge in [0.15, 0.2) is 0 Å². The zero-order valence-corrected chi connectivity index (χ0v) is 11.0. The van der Waals surface area contributed by atoms with Crippen molar-refractivity contribution >= 4 is 0 Å². The molecule has 1 aliphatic heterocycles. The highest BCUT2D eigenvalue weighted by Crippen LogP contribution is 2.27. The average Bonchev–Trinajstić information content (AvgIpc) is 2.33. The maximum absolute atomic E-state index is 4.41. The van der Waals surface area contributed by atoms with Crippen molar-refractivity contribution in [3.63, 3.8) is 0 Å². The van der Waals surface area contributed by atoms with Crippen LogP contribution in [0.3, 0.4) is 0 Å². The van der Waals surface area contributed by atoms with Gasteiger partial charge in [-0.1, -0.05) is 19.9 Å². The minimum Gasteiger partial charge on any atom is -0.316 e. The minimum atomic E-state index is 0.307. The van der Waals surface area contributed by atoms with Crippen molar-refractivity contribution in [2.45, 2.75) is 39.3 Å². The van der Waals surface area contributed by atoms with Crippen LogP contribution in [-0.2, 0) is 0 Å². The third-order valence-electron chi connectivity index (χ3n) is 3.72. The molecule has 2 atom stereocenters. The van der Waals surface area contributed by atoms with Crippen molar-refractivity contribution in [2.24, 2.45) is 5.41 Å². The molecular formula is C14H23N3. The monoisotopic (exact) mass is 233 g/mol. The molecule has 3 nitrogen and oxygen atoms in total. The maximum Gasteiger partial charge on any atom is 0.0570 e. The van der Waals surface area contributed by atoms with Crippen LogP contribution in [-0.4, -0.2) is 24.1 Å². The van der Waals surface area contributed by atoms with E-state index in [1.165, 1.54) is 6.42 Å². The van der Waals surface area contributed by atoms with Crippen molar-refractivity contribution in [1.82, 2.24) is 15.6 Å². The van der Waals surface area contributed by atoms with Crippen molar-refractivity contribution in [3.05, 3.63) is 30.1 Å². The molecule has 3 heteroatoms. The van der Waals surface area contributed by atoms with Crippen molar-refractivity contribution in [1.29, 1.82) is 0 Å². The summed E-state index contributed by atoms with van der Waals surface area (Å²) in [6.07, 6.45) is 3.05. The molecule has 0 bridgehead atoms. The normalized spacial score (nSPS) is 25.5. The lowest BCUT2D eigenvalue weighted by molar-refractivity contribution is 0.173. The number of hydrogen-bond acceptors (Lipinski definition) is 3. The molecule has 0 aromatic carbocycles. The first-order valence-electron chi connectivity index (χ1n) is 6.47. The lowest BCUT2D eigenvalue weighted by Gasteiger charge is -2.41. The van der Waals surface area contributed by atoms with Gasteiger partial charge in [-0.2, -0.15) is 0 Å². The van der Waals surface area contributed by atoms with E-state index in [9.17, 15) is 0 Å². The van der Waals surface area contributed by atoms with Crippen LogP contribution in [0, 0.1) is 5.41 Å². The summed E-state index contributed by atoms with van der Waals surface area (Å²) >= 11 is 0. The van der Waals surface area contributed by atoms with E-state index < -0.39 is 0 Å². The van der Waals surface area contributed by atoms with Crippen LogP contribution >= 0.6 is 0 Å². The van der Waals surface area contributed by atoms with Crippen molar-refractivity contribution in [3.8, 4) is 0 Å². The second-order valence-electron chi connectivity index (χ2n) is 5.65. The molecule has 2 unspecified atom stereocenters. The third-order valence-corrected chi connectivity index (χ3v) is 3.72. The molecule has 2 rings (SSSR count). The molecule has 1 saturated heterocycles. The van der Waals surface area contributed by atoms with Crippen LogP contribution in [0.2, 0.25) is 0 Å². The van der Waals surface area contributed by atoms with Gasteiger partial charge in [0, 0.05) is 24.8 Å². The summed E-state index contributed by atoms with van der Waals surface area (Å²) in [4.78, 5) is 4.41. The van der Waals surface area contributed by atoms with Crippen LogP contribution in [0.5, 0.6) is 0 Å². The fourth-order valence-electron chi connectivity index (χ4n) is 2.50. The number of rotatable bonds is 3. The van der Waals surface area contributed by atoms with Gasteiger partial charge < -0.3 is 10.6 Å². The number of nitrogens with zero attached hydrogens (tertiary/aromatic N) is 1. The lowest BCUT2D eigenvalue weighted by Crippen LogP contribution is -2.53. The smallest absolute Gasteiger partial charge is 0.0570 e. The van der Waals surface area contributed by atoms with Crippen LogP contribution < -0.4 is 10.6 Å². The summed E-state index contributed by atoms with van der Waals surface area (Å²) in [5, 5.41) is 7.19. The second-order valence-corrected chi connectivity index (χ2v) is 5.65. The Bertz CT molecular complexity index is 348. The molecular weight excluding hydrogens is 210 g/mol. The zero-order valence-electron chi connectivity index (χ0n) is 11.0. The number of hydrogen-bond donors (Lipinski definition) is 2. The molecule has 0 aliphatic carbocycles. The van der Waals surface area contributed by atoms with Gasteiger partial charge in [0.25, 0.3) is 0 Å². The van der Waals surface area contributed by atoms with Crippen LogP contribution in [0.25, 0.3) is 0 Å². The first kappa shape index (κ1) is 12.5. The van der Waals surface area contributed by atoms with Crippen LogP contribution in [0.15, 0.2) is 24.4 Å². The zero-order chi connectivity index (χ0) is 12.3. The van der Waals surface area contributed by atoms with E-state index in [1.807, 2.05) is 18.3 Å². The average molecular weight is 233 g/mol. The predicted octanol–water partition coefficient (Wildman–Crippen LogP) is 2.12. The number of nitrogens with one attached hydrogen (secondary N) is 2. The molecule has 0 saturated carbocycles. The predicted molar refractivity (Wildman–Crippen MR) is 70.8 cm³/mol. The molecule has 0 amide bonds. The SMILES string of the molecule is CC(NC1CCNCC1(C)C)c1ccccn1. The van der Waals surface area contributed by atoms with Gasteiger partial charge in [-0.15, -0.1) is 0 Å². The van der Waals surface area contributed by atoms with Crippen molar-refractivity contribution in [2.75, 3.05) is 13.1 Å². The molecule has 2 N–H and O–H groups in total. The summed E-state index contributed by atoms with van der Waals surface area (Å²) in [5.41, 5.74) is 1.43. The fourth-order valence-corrected chi connectivity index (χ4v) is 2.50. The Morgan fingerprint density at radius 3 is 2.94 bits per heavy atom. The molecule has 1 fully saturated rings. The Morgan fingerprint density at radius 2 is 2.29 bits per heavy atom.